The zero-order chi connectivity index (χ0) is 24.0. The van der Waals surface area contributed by atoms with Gasteiger partial charge >= 0.3 is 0 Å². The predicted molar refractivity (Wildman–Crippen MR) is 138 cm³/mol. The number of pyridine rings is 1. The zero-order valence-electron chi connectivity index (χ0n) is 19.3. The van der Waals surface area contributed by atoms with Gasteiger partial charge in [-0.05, 0) is 48.0 Å². The molecule has 0 fully saturated rings. The molecule has 1 amide bonds. The third-order valence-corrected chi connectivity index (χ3v) is 5.69. The molecule has 5 aromatic rings. The van der Waals surface area contributed by atoms with Gasteiger partial charge in [-0.15, -0.1) is 0 Å². The summed E-state index contributed by atoms with van der Waals surface area (Å²) in [5.74, 6) is 2.06. The highest BCUT2D eigenvalue weighted by atomic mass is 16.5. The van der Waals surface area contributed by atoms with Crippen molar-refractivity contribution in [3.8, 4) is 28.5 Å². The summed E-state index contributed by atoms with van der Waals surface area (Å²) >= 11 is 0. The first-order valence-corrected chi connectivity index (χ1v) is 11.3. The minimum atomic E-state index is -0.163. The number of aromatic nitrogens is 1. The molecule has 4 aromatic carbocycles. The Balaban J connectivity index is 1.37. The summed E-state index contributed by atoms with van der Waals surface area (Å²) in [7, 11) is 1.62. The van der Waals surface area contributed by atoms with E-state index in [0.29, 0.717) is 23.4 Å². The summed E-state index contributed by atoms with van der Waals surface area (Å²) in [6.45, 7) is 0.394. The Morgan fingerprint density at radius 3 is 2.14 bits per heavy atom. The predicted octanol–water partition coefficient (Wildman–Crippen LogP) is 6.63. The number of ether oxygens (including phenoxy) is 2. The van der Waals surface area contributed by atoms with Crippen LogP contribution < -0.4 is 14.8 Å². The third kappa shape index (κ3) is 5.14. The van der Waals surface area contributed by atoms with E-state index in [2.05, 4.69) is 5.32 Å². The van der Waals surface area contributed by atoms with Crippen molar-refractivity contribution in [3.05, 3.63) is 120 Å². The molecule has 0 saturated heterocycles. The molecule has 5 rings (SSSR count). The second-order valence-electron chi connectivity index (χ2n) is 8.05. The van der Waals surface area contributed by atoms with E-state index in [1.54, 1.807) is 7.11 Å². The first kappa shape index (κ1) is 22.2. The summed E-state index contributed by atoms with van der Waals surface area (Å²) < 4.78 is 11.2. The molecule has 5 nitrogen and oxygen atoms in total. The van der Waals surface area contributed by atoms with Gasteiger partial charge in [-0.2, -0.15) is 0 Å². The molecule has 0 aliphatic rings. The smallest absolute Gasteiger partial charge is 0.252 e. The van der Waals surface area contributed by atoms with E-state index in [0.717, 1.165) is 33.7 Å². The lowest BCUT2D eigenvalue weighted by atomic mass is 10.0. The standard InChI is InChI=1S/C30H24N2O3/c1-34-25-16-17-26-27(19-28(32-29(26)18-25)22-8-4-2-5-9-22)30(33)31-20-21-12-14-24(15-13-21)35-23-10-6-3-7-11-23/h2-19H,20H2,1H3,(H,31,33). The van der Waals surface area contributed by atoms with Gasteiger partial charge in [0.2, 0.25) is 0 Å². The van der Waals surface area contributed by atoms with Crippen LogP contribution in [0.15, 0.2) is 109 Å². The number of hydrogen-bond acceptors (Lipinski definition) is 4. The molecule has 0 saturated carbocycles. The number of para-hydroxylation sites is 1. The summed E-state index contributed by atoms with van der Waals surface area (Å²) in [5.41, 5.74) is 3.93. The van der Waals surface area contributed by atoms with Crippen LogP contribution in [0, 0.1) is 0 Å². The maximum Gasteiger partial charge on any atom is 0.252 e. The highest BCUT2D eigenvalue weighted by Crippen LogP contribution is 2.28. The van der Waals surface area contributed by atoms with Crippen molar-refractivity contribution in [1.82, 2.24) is 10.3 Å². The number of amides is 1. The minimum absolute atomic E-state index is 0.163. The number of fused-ring (bicyclic) bond motifs is 1. The summed E-state index contributed by atoms with van der Waals surface area (Å²) in [6, 6.07) is 34.6. The Morgan fingerprint density at radius 2 is 1.43 bits per heavy atom. The van der Waals surface area contributed by atoms with Gasteiger partial charge in [0.15, 0.2) is 0 Å². The molecular formula is C30H24N2O3. The van der Waals surface area contributed by atoms with E-state index in [-0.39, 0.29) is 5.91 Å². The van der Waals surface area contributed by atoms with Crippen LogP contribution in [0.2, 0.25) is 0 Å². The Kier molecular flexibility index (Phi) is 6.39. The molecule has 0 spiro atoms. The van der Waals surface area contributed by atoms with E-state index in [1.165, 1.54) is 0 Å². The van der Waals surface area contributed by atoms with Crippen LogP contribution in [0.1, 0.15) is 15.9 Å². The van der Waals surface area contributed by atoms with Gasteiger partial charge in [0.25, 0.3) is 5.91 Å². The number of nitrogens with one attached hydrogen (secondary N) is 1. The average molecular weight is 461 g/mol. The molecule has 5 heteroatoms. The van der Waals surface area contributed by atoms with Crippen LogP contribution in [0.4, 0.5) is 0 Å². The Hall–Kier alpha value is -4.64. The van der Waals surface area contributed by atoms with Crippen molar-refractivity contribution in [2.45, 2.75) is 6.54 Å². The second kappa shape index (κ2) is 10.1. The van der Waals surface area contributed by atoms with Crippen LogP contribution >= 0.6 is 0 Å². The Morgan fingerprint density at radius 1 is 0.771 bits per heavy atom. The van der Waals surface area contributed by atoms with E-state index in [1.807, 2.05) is 109 Å². The molecule has 0 aliphatic heterocycles. The van der Waals surface area contributed by atoms with Crippen molar-refractivity contribution in [2.24, 2.45) is 0 Å². The fourth-order valence-electron chi connectivity index (χ4n) is 3.86. The van der Waals surface area contributed by atoms with Crippen LogP contribution in [-0.2, 0) is 6.54 Å². The summed E-state index contributed by atoms with van der Waals surface area (Å²) in [5, 5.41) is 3.82. The van der Waals surface area contributed by atoms with Crippen LogP contribution in [-0.4, -0.2) is 18.0 Å². The molecule has 0 aliphatic carbocycles. The quantitative estimate of drug-likeness (QED) is 0.296. The number of rotatable bonds is 7. The van der Waals surface area contributed by atoms with Crippen molar-refractivity contribution in [2.75, 3.05) is 7.11 Å². The van der Waals surface area contributed by atoms with E-state index in [9.17, 15) is 4.79 Å². The van der Waals surface area contributed by atoms with Gasteiger partial charge in [0.1, 0.15) is 17.2 Å². The highest BCUT2D eigenvalue weighted by Gasteiger charge is 2.15. The largest absolute Gasteiger partial charge is 0.497 e. The zero-order valence-corrected chi connectivity index (χ0v) is 19.3. The fourth-order valence-corrected chi connectivity index (χ4v) is 3.86. The molecular weight excluding hydrogens is 436 g/mol. The van der Waals surface area contributed by atoms with Gasteiger partial charge in [0, 0.05) is 23.6 Å². The molecule has 1 aromatic heterocycles. The topological polar surface area (TPSA) is 60.5 Å². The fraction of sp³-hybridized carbons (Fsp3) is 0.0667. The van der Waals surface area contributed by atoms with Gasteiger partial charge in [0.05, 0.1) is 23.9 Å². The Labute approximate surface area is 204 Å². The lowest BCUT2D eigenvalue weighted by molar-refractivity contribution is 0.0952. The van der Waals surface area contributed by atoms with E-state index in [4.69, 9.17) is 14.5 Å². The normalized spacial score (nSPS) is 10.7. The molecule has 0 unspecified atom stereocenters. The molecule has 0 bridgehead atoms. The summed E-state index contributed by atoms with van der Waals surface area (Å²) in [4.78, 5) is 18.1. The van der Waals surface area contributed by atoms with Crippen LogP contribution in [0.25, 0.3) is 22.2 Å². The highest BCUT2D eigenvalue weighted by molar-refractivity contribution is 6.07. The van der Waals surface area contributed by atoms with E-state index < -0.39 is 0 Å². The van der Waals surface area contributed by atoms with E-state index >= 15 is 0 Å². The maximum atomic E-state index is 13.3. The monoisotopic (exact) mass is 460 g/mol. The minimum Gasteiger partial charge on any atom is -0.497 e. The first-order valence-electron chi connectivity index (χ1n) is 11.3. The number of nitrogens with zero attached hydrogens (tertiary/aromatic N) is 1. The Bertz CT molecular complexity index is 1450. The van der Waals surface area contributed by atoms with Crippen molar-refractivity contribution < 1.29 is 14.3 Å². The summed E-state index contributed by atoms with van der Waals surface area (Å²) in [6.07, 6.45) is 0. The number of benzene rings is 4. The van der Waals surface area contributed by atoms with Gasteiger partial charge in [-0.1, -0.05) is 60.7 Å². The van der Waals surface area contributed by atoms with Crippen molar-refractivity contribution in [3.63, 3.8) is 0 Å². The average Bonchev–Trinajstić information content (AvgIpc) is 2.92. The van der Waals surface area contributed by atoms with Crippen molar-refractivity contribution >= 4 is 16.8 Å². The van der Waals surface area contributed by atoms with Crippen LogP contribution in [0.3, 0.4) is 0 Å². The number of hydrogen-bond donors (Lipinski definition) is 1. The number of carbonyl (C=O) groups excluding carboxylic acids is 1. The molecule has 1 heterocycles. The third-order valence-electron chi connectivity index (χ3n) is 5.69. The SMILES string of the molecule is COc1ccc2c(C(=O)NCc3ccc(Oc4ccccc4)cc3)cc(-c3ccccc3)nc2c1. The maximum absolute atomic E-state index is 13.3. The number of carbonyl (C=O) groups is 1. The molecule has 172 valence electrons. The molecule has 0 atom stereocenters. The molecule has 0 radical (unpaired) electrons. The van der Waals surface area contributed by atoms with Gasteiger partial charge < -0.3 is 14.8 Å². The van der Waals surface area contributed by atoms with Crippen LogP contribution in [0.5, 0.6) is 17.2 Å². The first-order chi connectivity index (χ1) is 17.2. The van der Waals surface area contributed by atoms with Crippen molar-refractivity contribution in [1.29, 1.82) is 0 Å². The lowest BCUT2D eigenvalue weighted by Gasteiger charge is -2.12. The lowest BCUT2D eigenvalue weighted by Crippen LogP contribution is -2.23. The number of methoxy groups -OCH3 is 1. The second-order valence-corrected chi connectivity index (χ2v) is 8.05. The molecule has 35 heavy (non-hydrogen) atoms. The molecule has 1 N–H and O–H groups in total. The van der Waals surface area contributed by atoms with Gasteiger partial charge in [-0.25, -0.2) is 4.98 Å². The van der Waals surface area contributed by atoms with Gasteiger partial charge in [-0.3, -0.25) is 4.79 Å².